The molecule has 0 spiro atoms. The third-order valence-corrected chi connectivity index (χ3v) is 3.90. The highest BCUT2D eigenvalue weighted by atomic mass is 35.5. The normalized spacial score (nSPS) is 19.8. The zero-order valence-electron chi connectivity index (χ0n) is 12.8. The molecule has 22 heavy (non-hydrogen) atoms. The van der Waals surface area contributed by atoms with Crippen LogP contribution in [0.1, 0.15) is 18.9 Å². The van der Waals surface area contributed by atoms with Crippen molar-refractivity contribution in [3.8, 4) is 11.5 Å². The number of hydrogen-bond donors (Lipinski definition) is 1. The van der Waals surface area contributed by atoms with Crippen LogP contribution in [0.2, 0.25) is 0 Å². The Balaban J connectivity index is 0.00000242. The minimum Gasteiger partial charge on any atom is -0.493 e. The highest BCUT2D eigenvalue weighted by Gasteiger charge is 2.25. The van der Waals surface area contributed by atoms with Gasteiger partial charge < -0.3 is 15.2 Å². The Morgan fingerprint density at radius 2 is 2.09 bits per heavy atom. The monoisotopic (exact) mass is 336 g/mol. The van der Waals surface area contributed by atoms with Gasteiger partial charge in [-0.3, -0.25) is 4.90 Å². The lowest BCUT2D eigenvalue weighted by atomic mass is 10.0. The van der Waals surface area contributed by atoms with Gasteiger partial charge in [-0.1, -0.05) is 6.07 Å². The van der Waals surface area contributed by atoms with Gasteiger partial charge in [-0.25, -0.2) is 0 Å². The number of rotatable bonds is 6. The molecular weight excluding hydrogens is 314 g/mol. The summed E-state index contributed by atoms with van der Waals surface area (Å²) in [5, 5.41) is 0. The number of halogens is 3. The van der Waals surface area contributed by atoms with E-state index in [-0.39, 0.29) is 24.2 Å². The molecule has 2 unspecified atom stereocenters. The second-order valence-corrected chi connectivity index (χ2v) is 5.51. The van der Waals surface area contributed by atoms with Crippen molar-refractivity contribution in [2.24, 2.45) is 11.7 Å². The van der Waals surface area contributed by atoms with Crippen LogP contribution in [0.3, 0.4) is 0 Å². The molecule has 7 heteroatoms. The molecule has 1 aliphatic heterocycles. The van der Waals surface area contributed by atoms with E-state index in [2.05, 4.69) is 9.64 Å². The second-order valence-electron chi connectivity index (χ2n) is 5.51. The molecular formula is C15H23ClF2N2O2. The van der Waals surface area contributed by atoms with Crippen molar-refractivity contribution in [3.05, 3.63) is 23.8 Å². The average Bonchev–Trinajstić information content (AvgIpc) is 2.87. The number of benzene rings is 1. The van der Waals surface area contributed by atoms with Gasteiger partial charge in [-0.05, 0) is 43.5 Å². The molecule has 1 fully saturated rings. The van der Waals surface area contributed by atoms with Gasteiger partial charge in [0.05, 0.1) is 7.11 Å². The number of nitrogens with zero attached hydrogens (tertiary/aromatic N) is 1. The Labute approximate surface area is 136 Å². The van der Waals surface area contributed by atoms with Crippen LogP contribution in [0.25, 0.3) is 0 Å². The molecule has 0 amide bonds. The first kappa shape index (κ1) is 18.9. The average molecular weight is 337 g/mol. The molecule has 0 aliphatic carbocycles. The summed E-state index contributed by atoms with van der Waals surface area (Å²) in [6.45, 7) is 1.78. The molecule has 1 aromatic carbocycles. The summed E-state index contributed by atoms with van der Waals surface area (Å²) in [6, 6.07) is 5.33. The van der Waals surface area contributed by atoms with Crippen LogP contribution in [-0.4, -0.2) is 37.8 Å². The lowest BCUT2D eigenvalue weighted by molar-refractivity contribution is -0.0512. The summed E-state index contributed by atoms with van der Waals surface area (Å²) >= 11 is 0. The third-order valence-electron chi connectivity index (χ3n) is 3.90. The molecule has 0 aromatic heterocycles. The summed E-state index contributed by atoms with van der Waals surface area (Å²) in [5.41, 5.74) is 6.85. The maximum Gasteiger partial charge on any atom is 0.387 e. The van der Waals surface area contributed by atoms with E-state index >= 15 is 0 Å². The van der Waals surface area contributed by atoms with E-state index in [1.807, 2.05) is 13.0 Å². The number of ether oxygens (including phenoxy) is 2. The minimum atomic E-state index is -2.86. The van der Waals surface area contributed by atoms with Crippen LogP contribution in [0, 0.1) is 5.92 Å². The van der Waals surface area contributed by atoms with Crippen LogP contribution in [-0.2, 0) is 6.54 Å². The lowest BCUT2D eigenvalue weighted by Gasteiger charge is -2.19. The van der Waals surface area contributed by atoms with Gasteiger partial charge in [0.25, 0.3) is 0 Å². The first-order valence-electron chi connectivity index (χ1n) is 7.09. The Hall–Kier alpha value is -1.11. The molecule has 1 saturated heterocycles. The predicted octanol–water partition coefficient (Wildman–Crippen LogP) is 2.89. The number of nitrogens with two attached hydrogens (primary N) is 1. The van der Waals surface area contributed by atoms with E-state index in [4.69, 9.17) is 10.5 Å². The van der Waals surface area contributed by atoms with E-state index < -0.39 is 6.61 Å². The Kier molecular flexibility index (Phi) is 7.32. The second kappa shape index (κ2) is 8.50. The molecule has 4 nitrogen and oxygen atoms in total. The van der Waals surface area contributed by atoms with E-state index in [1.54, 1.807) is 12.1 Å². The van der Waals surface area contributed by atoms with Gasteiger partial charge in [0, 0.05) is 19.1 Å². The lowest BCUT2D eigenvalue weighted by Crippen LogP contribution is -2.29. The Morgan fingerprint density at radius 3 is 2.64 bits per heavy atom. The molecule has 126 valence electrons. The maximum atomic E-state index is 12.4. The fraction of sp³-hybridized carbons (Fsp3) is 0.600. The van der Waals surface area contributed by atoms with Crippen molar-refractivity contribution in [1.82, 2.24) is 4.90 Å². The minimum absolute atomic E-state index is 0. The summed E-state index contributed by atoms with van der Waals surface area (Å²) < 4.78 is 34.4. The van der Waals surface area contributed by atoms with Crippen LogP contribution in [0.5, 0.6) is 11.5 Å². The van der Waals surface area contributed by atoms with Crippen LogP contribution >= 0.6 is 12.4 Å². The fourth-order valence-electron chi connectivity index (χ4n) is 2.70. The Bertz CT molecular complexity index is 475. The molecule has 2 rings (SSSR count). The van der Waals surface area contributed by atoms with E-state index in [0.717, 1.165) is 25.1 Å². The van der Waals surface area contributed by atoms with Gasteiger partial charge in [-0.2, -0.15) is 8.78 Å². The highest BCUT2D eigenvalue weighted by Crippen LogP contribution is 2.30. The van der Waals surface area contributed by atoms with Crippen molar-refractivity contribution >= 4 is 12.4 Å². The summed E-state index contributed by atoms with van der Waals surface area (Å²) in [6.07, 6.45) is 1.08. The molecule has 1 heterocycles. The first-order chi connectivity index (χ1) is 9.99. The SMILES string of the molecule is COc1ccc(CN2CCC(C(C)N)C2)cc1OC(F)F.Cl. The zero-order valence-corrected chi connectivity index (χ0v) is 13.6. The number of methoxy groups -OCH3 is 1. The standard InChI is InChI=1S/C15H22F2N2O2.ClH/c1-10(18)12-5-6-19(9-12)8-11-3-4-13(20-2)14(7-11)21-15(16)17;/h3-4,7,10,12,15H,5-6,8-9,18H2,1-2H3;1H. The molecule has 0 bridgehead atoms. The van der Waals surface area contributed by atoms with Crippen molar-refractivity contribution < 1.29 is 18.3 Å². The van der Waals surface area contributed by atoms with Crippen molar-refractivity contribution in [3.63, 3.8) is 0 Å². The summed E-state index contributed by atoms with van der Waals surface area (Å²) in [5.74, 6) is 0.891. The molecule has 1 aliphatic rings. The number of alkyl halides is 2. The highest BCUT2D eigenvalue weighted by molar-refractivity contribution is 5.85. The van der Waals surface area contributed by atoms with Gasteiger partial charge >= 0.3 is 6.61 Å². The van der Waals surface area contributed by atoms with E-state index in [0.29, 0.717) is 18.2 Å². The quantitative estimate of drug-likeness (QED) is 0.867. The van der Waals surface area contributed by atoms with Crippen molar-refractivity contribution in [1.29, 1.82) is 0 Å². The largest absolute Gasteiger partial charge is 0.493 e. The third kappa shape index (κ3) is 4.97. The van der Waals surface area contributed by atoms with Gasteiger partial charge in [-0.15, -0.1) is 12.4 Å². The summed E-state index contributed by atoms with van der Waals surface area (Å²) in [7, 11) is 1.43. The Morgan fingerprint density at radius 1 is 1.36 bits per heavy atom. The van der Waals surface area contributed by atoms with E-state index in [1.165, 1.54) is 7.11 Å². The topological polar surface area (TPSA) is 47.7 Å². The van der Waals surface area contributed by atoms with Crippen LogP contribution < -0.4 is 15.2 Å². The smallest absolute Gasteiger partial charge is 0.387 e. The fourth-order valence-corrected chi connectivity index (χ4v) is 2.70. The summed E-state index contributed by atoms with van der Waals surface area (Å²) in [4.78, 5) is 2.28. The van der Waals surface area contributed by atoms with Gasteiger partial charge in [0.15, 0.2) is 11.5 Å². The number of likely N-dealkylation sites (tertiary alicyclic amines) is 1. The van der Waals surface area contributed by atoms with Gasteiger partial charge in [0.2, 0.25) is 0 Å². The molecule has 1 aromatic rings. The first-order valence-corrected chi connectivity index (χ1v) is 7.09. The van der Waals surface area contributed by atoms with Gasteiger partial charge in [0.1, 0.15) is 0 Å². The molecule has 2 atom stereocenters. The van der Waals surface area contributed by atoms with Crippen LogP contribution in [0.15, 0.2) is 18.2 Å². The van der Waals surface area contributed by atoms with Crippen molar-refractivity contribution in [2.45, 2.75) is 32.5 Å². The maximum absolute atomic E-state index is 12.4. The predicted molar refractivity (Wildman–Crippen MR) is 83.9 cm³/mol. The molecule has 2 N–H and O–H groups in total. The van der Waals surface area contributed by atoms with Crippen LogP contribution in [0.4, 0.5) is 8.78 Å². The zero-order chi connectivity index (χ0) is 15.4. The number of hydrogen-bond acceptors (Lipinski definition) is 4. The van der Waals surface area contributed by atoms with Crippen molar-refractivity contribution in [2.75, 3.05) is 20.2 Å². The van der Waals surface area contributed by atoms with E-state index in [9.17, 15) is 8.78 Å². The molecule has 0 saturated carbocycles. The molecule has 0 radical (unpaired) electrons.